The number of nitrogens with two attached hydrogens (primary N) is 1. The molecule has 1 unspecified atom stereocenters. The fourth-order valence-corrected chi connectivity index (χ4v) is 4.01. The van der Waals surface area contributed by atoms with Crippen LogP contribution in [0.1, 0.15) is 43.1 Å². The summed E-state index contributed by atoms with van der Waals surface area (Å²) in [6.45, 7) is 10.4. The molecule has 0 radical (unpaired) electrons. The van der Waals surface area contributed by atoms with Crippen LogP contribution in [0, 0.1) is 13.8 Å². The van der Waals surface area contributed by atoms with Gasteiger partial charge in [0.1, 0.15) is 16.7 Å². The molecule has 142 valence electrons. The number of fused-ring (bicyclic) bond motifs is 1. The number of hydrogen-bond donors (Lipinski definition) is 3. The van der Waals surface area contributed by atoms with Gasteiger partial charge >= 0.3 is 6.09 Å². The molecule has 1 aliphatic heterocycles. The third kappa shape index (κ3) is 3.60. The quantitative estimate of drug-likeness (QED) is 0.748. The van der Waals surface area contributed by atoms with Crippen LogP contribution < -0.4 is 11.1 Å². The lowest BCUT2D eigenvalue weighted by Gasteiger charge is -2.42. The van der Waals surface area contributed by atoms with E-state index in [1.807, 2.05) is 39.5 Å². The smallest absolute Gasteiger partial charge is 0.407 e. The van der Waals surface area contributed by atoms with E-state index in [2.05, 4.69) is 15.5 Å². The number of anilines is 1. The van der Waals surface area contributed by atoms with Crippen LogP contribution in [0.15, 0.2) is 0 Å². The van der Waals surface area contributed by atoms with E-state index in [1.165, 1.54) is 11.3 Å². The van der Waals surface area contributed by atoms with Crippen LogP contribution in [-0.4, -0.2) is 51.0 Å². The highest BCUT2D eigenvalue weighted by Gasteiger charge is 2.36. The number of ether oxygens (including phenoxy) is 1. The number of rotatable bonds is 3. The van der Waals surface area contributed by atoms with Crippen molar-refractivity contribution in [3.05, 3.63) is 16.1 Å². The molecule has 1 atom stereocenters. The second-order valence-electron chi connectivity index (χ2n) is 7.64. The minimum atomic E-state index is -0.828. The Labute approximate surface area is 156 Å². The van der Waals surface area contributed by atoms with Crippen molar-refractivity contribution < 1.29 is 14.6 Å². The molecule has 0 aliphatic carbocycles. The predicted octanol–water partition coefficient (Wildman–Crippen LogP) is 2.09. The number of hydrogen-bond acceptors (Lipinski definition) is 8. The highest BCUT2D eigenvalue weighted by atomic mass is 32.1. The van der Waals surface area contributed by atoms with Crippen LogP contribution in [0.5, 0.6) is 0 Å². The Kier molecular flexibility index (Phi) is 4.80. The number of aryl methyl sites for hydroxylation is 2. The number of aliphatic hydroxyl groups is 1. The lowest BCUT2D eigenvalue weighted by atomic mass is 10.1. The third-order valence-corrected chi connectivity index (χ3v) is 5.50. The molecular formula is C17H25N5O3S. The van der Waals surface area contributed by atoms with Gasteiger partial charge in [0, 0.05) is 18.5 Å². The van der Waals surface area contributed by atoms with Crippen molar-refractivity contribution in [2.75, 3.05) is 18.8 Å². The largest absolute Gasteiger partial charge is 0.444 e. The Balaban J connectivity index is 1.66. The fourth-order valence-electron chi connectivity index (χ4n) is 2.89. The van der Waals surface area contributed by atoms with E-state index in [4.69, 9.17) is 10.5 Å². The van der Waals surface area contributed by atoms with Gasteiger partial charge in [-0.05, 0) is 40.2 Å². The molecule has 3 heterocycles. The van der Waals surface area contributed by atoms with Gasteiger partial charge < -0.3 is 20.9 Å². The van der Waals surface area contributed by atoms with Crippen molar-refractivity contribution in [2.24, 2.45) is 0 Å². The van der Waals surface area contributed by atoms with Gasteiger partial charge in [-0.1, -0.05) is 0 Å². The van der Waals surface area contributed by atoms with Gasteiger partial charge in [0.05, 0.1) is 22.3 Å². The van der Waals surface area contributed by atoms with Gasteiger partial charge in [0.25, 0.3) is 0 Å². The van der Waals surface area contributed by atoms with Crippen LogP contribution in [-0.2, 0) is 4.74 Å². The zero-order valence-corrected chi connectivity index (χ0v) is 16.5. The lowest BCUT2D eigenvalue weighted by molar-refractivity contribution is -0.0526. The lowest BCUT2D eigenvalue weighted by Crippen LogP contribution is -2.60. The first-order valence-electron chi connectivity index (χ1n) is 8.50. The summed E-state index contributed by atoms with van der Waals surface area (Å²) in [5, 5.41) is 22.7. The molecule has 3 rings (SSSR count). The maximum Gasteiger partial charge on any atom is 0.407 e. The van der Waals surface area contributed by atoms with Crippen molar-refractivity contribution in [3.8, 4) is 0 Å². The number of nitrogens with one attached hydrogen (secondary N) is 1. The van der Waals surface area contributed by atoms with Gasteiger partial charge in [-0.2, -0.15) is 5.10 Å². The normalized spacial score (nSPS) is 17.2. The minimum absolute atomic E-state index is 0.0566. The first-order valence-corrected chi connectivity index (χ1v) is 9.32. The predicted molar refractivity (Wildman–Crippen MR) is 101 cm³/mol. The van der Waals surface area contributed by atoms with Gasteiger partial charge in [-0.3, -0.25) is 4.90 Å². The molecule has 1 amide bonds. The third-order valence-electron chi connectivity index (χ3n) is 4.37. The maximum atomic E-state index is 11.8. The molecule has 2 aromatic heterocycles. The number of nitrogen functional groups attached to an aromatic ring is 1. The Hall–Kier alpha value is -1.97. The fraction of sp³-hybridized carbons (Fsp3) is 0.588. The number of nitrogens with zero attached hydrogens (tertiary/aromatic N) is 3. The number of carbonyl (C=O) groups is 1. The molecule has 1 aliphatic rings. The molecule has 8 nitrogen and oxygen atoms in total. The van der Waals surface area contributed by atoms with Gasteiger partial charge in [-0.25, -0.2) is 4.79 Å². The van der Waals surface area contributed by atoms with E-state index in [0.29, 0.717) is 23.7 Å². The second kappa shape index (κ2) is 6.64. The summed E-state index contributed by atoms with van der Waals surface area (Å²) in [6.07, 6.45) is -1.27. The van der Waals surface area contributed by atoms with Crippen molar-refractivity contribution >= 4 is 33.3 Å². The maximum absolute atomic E-state index is 11.8. The molecule has 26 heavy (non-hydrogen) atoms. The summed E-state index contributed by atoms with van der Waals surface area (Å²) in [5.41, 5.74) is 8.11. The van der Waals surface area contributed by atoms with Gasteiger partial charge in [0.2, 0.25) is 0 Å². The molecular weight excluding hydrogens is 354 g/mol. The minimum Gasteiger partial charge on any atom is -0.444 e. The van der Waals surface area contributed by atoms with Crippen molar-refractivity contribution in [2.45, 2.75) is 52.5 Å². The van der Waals surface area contributed by atoms with Crippen molar-refractivity contribution in [1.82, 2.24) is 20.4 Å². The second-order valence-corrected chi connectivity index (χ2v) is 8.67. The summed E-state index contributed by atoms with van der Waals surface area (Å²) in [6, 6.07) is -0.0566. The van der Waals surface area contributed by atoms with Gasteiger partial charge in [0.15, 0.2) is 0 Å². The number of aromatic nitrogens is 2. The van der Waals surface area contributed by atoms with E-state index in [-0.39, 0.29) is 6.04 Å². The molecule has 9 heteroatoms. The van der Waals surface area contributed by atoms with Crippen LogP contribution in [0.3, 0.4) is 0 Å². The van der Waals surface area contributed by atoms with Crippen LogP contribution in [0.4, 0.5) is 10.5 Å². The summed E-state index contributed by atoms with van der Waals surface area (Å²) in [5.74, 6) is 0. The molecule has 0 aromatic carbocycles. The molecule has 0 saturated carbocycles. The number of carbonyl (C=O) groups excluding carboxylic acids is 1. The SMILES string of the molecule is Cc1nnc2sc(C(O)N3CC(NC(=O)OC(C)(C)C)C3)c(N)c2c1C. The summed E-state index contributed by atoms with van der Waals surface area (Å²) < 4.78 is 5.24. The van der Waals surface area contributed by atoms with Crippen LogP contribution >= 0.6 is 11.3 Å². The Morgan fingerprint density at radius 2 is 2.04 bits per heavy atom. The van der Waals surface area contributed by atoms with Crippen LogP contribution in [0.25, 0.3) is 10.2 Å². The van der Waals surface area contributed by atoms with Crippen molar-refractivity contribution in [3.63, 3.8) is 0 Å². The number of likely N-dealkylation sites (tertiary alicyclic amines) is 1. The number of alkyl carbamates (subject to hydrolysis) is 1. The standard InChI is InChI=1S/C17H25N5O3S/c1-8-9(2)20-21-14-11(8)12(18)13(26-14)15(23)22-6-10(7-22)19-16(24)25-17(3,4)5/h10,15,23H,6-7,18H2,1-5H3,(H,19,24). The van der Waals surface area contributed by atoms with E-state index in [1.54, 1.807) is 0 Å². The van der Waals surface area contributed by atoms with E-state index in [9.17, 15) is 9.90 Å². The van der Waals surface area contributed by atoms with E-state index >= 15 is 0 Å². The monoisotopic (exact) mass is 379 g/mol. The summed E-state index contributed by atoms with van der Waals surface area (Å²) in [4.78, 5) is 15.0. The number of thiophene rings is 1. The highest BCUT2D eigenvalue weighted by molar-refractivity contribution is 7.19. The molecule has 0 bridgehead atoms. The Morgan fingerprint density at radius 3 is 2.65 bits per heavy atom. The molecule has 1 fully saturated rings. The van der Waals surface area contributed by atoms with Crippen LogP contribution in [0.2, 0.25) is 0 Å². The average Bonchev–Trinajstić information content (AvgIpc) is 2.81. The first kappa shape index (κ1) is 18.8. The Bertz CT molecular complexity index is 839. The van der Waals surface area contributed by atoms with Gasteiger partial charge in [-0.15, -0.1) is 16.4 Å². The number of aliphatic hydroxyl groups excluding tert-OH is 1. The zero-order valence-electron chi connectivity index (χ0n) is 15.7. The van der Waals surface area contributed by atoms with Crippen molar-refractivity contribution in [1.29, 1.82) is 0 Å². The number of amides is 1. The molecule has 4 N–H and O–H groups in total. The topological polar surface area (TPSA) is 114 Å². The zero-order chi connectivity index (χ0) is 19.2. The molecule has 2 aromatic rings. The first-order chi connectivity index (χ1) is 12.1. The highest BCUT2D eigenvalue weighted by Crippen LogP contribution is 2.40. The average molecular weight is 379 g/mol. The van der Waals surface area contributed by atoms with E-state index in [0.717, 1.165) is 21.5 Å². The van der Waals surface area contributed by atoms with E-state index < -0.39 is 17.9 Å². The summed E-state index contributed by atoms with van der Waals surface area (Å²) in [7, 11) is 0. The molecule has 1 saturated heterocycles. The summed E-state index contributed by atoms with van der Waals surface area (Å²) >= 11 is 1.35. The Morgan fingerprint density at radius 1 is 1.38 bits per heavy atom. The molecule has 0 spiro atoms.